The predicted molar refractivity (Wildman–Crippen MR) is 60.7 cm³/mol. The Balaban J connectivity index is 2.27. The van der Waals surface area contributed by atoms with Gasteiger partial charge < -0.3 is 5.73 Å². The summed E-state index contributed by atoms with van der Waals surface area (Å²) < 4.78 is 1.66. The second-order valence-electron chi connectivity index (χ2n) is 3.14. The van der Waals surface area contributed by atoms with Crippen LogP contribution >= 0.6 is 11.3 Å². The molecule has 5 heteroatoms. The number of hydrogen-bond donors (Lipinski definition) is 1. The van der Waals surface area contributed by atoms with Gasteiger partial charge in [-0.15, -0.1) is 0 Å². The maximum absolute atomic E-state index is 5.96. The van der Waals surface area contributed by atoms with E-state index in [9.17, 15) is 0 Å². The first-order valence-corrected chi connectivity index (χ1v) is 5.37. The zero-order chi connectivity index (χ0) is 10.3. The molecule has 0 aliphatic carbocycles. The van der Waals surface area contributed by atoms with Crippen LogP contribution in [0, 0.1) is 0 Å². The van der Waals surface area contributed by atoms with Crippen LogP contribution in [0.15, 0.2) is 35.8 Å². The maximum atomic E-state index is 5.96. The van der Waals surface area contributed by atoms with E-state index in [2.05, 4.69) is 10.1 Å². The second-order valence-corrected chi connectivity index (χ2v) is 3.96. The fourth-order valence-electron chi connectivity index (χ4n) is 1.52. The largest absolute Gasteiger partial charge is 0.382 e. The first kappa shape index (κ1) is 8.43. The van der Waals surface area contributed by atoms with Gasteiger partial charge in [0, 0.05) is 5.56 Å². The Morgan fingerprint density at radius 3 is 2.73 bits per heavy atom. The van der Waals surface area contributed by atoms with Gasteiger partial charge in [-0.05, 0) is 0 Å². The Bertz CT molecular complexity index is 596. The minimum atomic E-state index is 0.595. The van der Waals surface area contributed by atoms with Crippen LogP contribution in [0.1, 0.15) is 0 Å². The third-order valence-electron chi connectivity index (χ3n) is 2.23. The summed E-state index contributed by atoms with van der Waals surface area (Å²) >= 11 is 1.48. The smallest absolute Gasteiger partial charge is 0.214 e. The molecule has 1 aromatic carbocycles. The molecule has 0 aliphatic heterocycles. The number of fused-ring (bicyclic) bond motifs is 1. The van der Waals surface area contributed by atoms with Gasteiger partial charge in [-0.1, -0.05) is 41.7 Å². The molecule has 0 unspecified atom stereocenters. The normalized spacial score (nSPS) is 10.9. The minimum absolute atomic E-state index is 0.595. The van der Waals surface area contributed by atoms with Crippen LogP contribution in [0.5, 0.6) is 0 Å². The van der Waals surface area contributed by atoms with E-state index in [0.717, 1.165) is 16.2 Å². The monoisotopic (exact) mass is 216 g/mol. The van der Waals surface area contributed by atoms with Crippen LogP contribution in [0.3, 0.4) is 0 Å². The highest BCUT2D eigenvalue weighted by Crippen LogP contribution is 2.26. The third-order valence-corrected chi connectivity index (χ3v) is 2.90. The van der Waals surface area contributed by atoms with E-state index in [1.165, 1.54) is 11.3 Å². The Hall–Kier alpha value is -1.88. The summed E-state index contributed by atoms with van der Waals surface area (Å²) in [6.45, 7) is 0. The van der Waals surface area contributed by atoms with E-state index in [1.807, 2.05) is 30.3 Å². The van der Waals surface area contributed by atoms with E-state index in [0.29, 0.717) is 5.82 Å². The average Bonchev–Trinajstić information content (AvgIpc) is 2.83. The lowest BCUT2D eigenvalue weighted by Gasteiger charge is -1.96. The van der Waals surface area contributed by atoms with Gasteiger partial charge in [-0.2, -0.15) is 9.61 Å². The molecule has 4 nitrogen and oxygen atoms in total. The SMILES string of the molecule is Nc1c(-c2ccccc2)nc2scnn12. The molecule has 15 heavy (non-hydrogen) atoms. The molecule has 0 atom stereocenters. The number of aromatic nitrogens is 3. The van der Waals surface area contributed by atoms with Crippen molar-refractivity contribution in [1.29, 1.82) is 0 Å². The standard InChI is InChI=1S/C10H8N4S/c11-9-8(7-4-2-1-3-5-7)13-10-14(9)12-6-15-10/h1-6H,11H2. The molecule has 0 spiro atoms. The number of rotatable bonds is 1. The van der Waals surface area contributed by atoms with Crippen molar-refractivity contribution in [2.75, 3.05) is 5.73 Å². The van der Waals surface area contributed by atoms with Crippen molar-refractivity contribution in [2.45, 2.75) is 0 Å². The molecule has 2 N–H and O–H groups in total. The predicted octanol–water partition coefficient (Wildman–Crippen LogP) is 2.04. The van der Waals surface area contributed by atoms with Gasteiger partial charge in [-0.3, -0.25) is 0 Å². The Kier molecular flexibility index (Phi) is 1.72. The van der Waals surface area contributed by atoms with E-state index in [4.69, 9.17) is 5.73 Å². The summed E-state index contributed by atoms with van der Waals surface area (Å²) in [5.41, 5.74) is 9.51. The topological polar surface area (TPSA) is 56.2 Å². The maximum Gasteiger partial charge on any atom is 0.214 e. The van der Waals surface area contributed by atoms with Crippen molar-refractivity contribution < 1.29 is 0 Å². The molecule has 0 saturated carbocycles. The molecule has 2 heterocycles. The molecule has 0 fully saturated rings. The summed E-state index contributed by atoms with van der Waals surface area (Å²) in [6.07, 6.45) is 0. The highest BCUT2D eigenvalue weighted by atomic mass is 32.1. The van der Waals surface area contributed by atoms with E-state index >= 15 is 0 Å². The molecule has 74 valence electrons. The van der Waals surface area contributed by atoms with Crippen molar-refractivity contribution in [2.24, 2.45) is 0 Å². The number of nitrogen functional groups attached to an aromatic ring is 1. The van der Waals surface area contributed by atoms with Crippen LogP contribution in [0.4, 0.5) is 5.82 Å². The second kappa shape index (κ2) is 3.06. The number of anilines is 1. The average molecular weight is 216 g/mol. The fourth-order valence-corrected chi connectivity index (χ4v) is 2.14. The van der Waals surface area contributed by atoms with E-state index in [1.54, 1.807) is 10.0 Å². The van der Waals surface area contributed by atoms with E-state index < -0.39 is 0 Å². The summed E-state index contributed by atoms with van der Waals surface area (Å²) in [7, 11) is 0. The highest BCUT2D eigenvalue weighted by molar-refractivity contribution is 7.14. The number of hydrogen-bond acceptors (Lipinski definition) is 4. The van der Waals surface area contributed by atoms with Crippen molar-refractivity contribution >= 4 is 22.1 Å². The molecule has 3 aromatic rings. The summed E-state index contributed by atoms with van der Waals surface area (Å²) in [5, 5.41) is 4.11. The van der Waals surface area contributed by atoms with Crippen molar-refractivity contribution in [3.63, 3.8) is 0 Å². The summed E-state index contributed by atoms with van der Waals surface area (Å²) in [4.78, 5) is 5.26. The number of nitrogens with zero attached hydrogens (tertiary/aromatic N) is 3. The van der Waals surface area contributed by atoms with Gasteiger partial charge in [0.25, 0.3) is 0 Å². The molecule has 0 aliphatic rings. The van der Waals surface area contributed by atoms with E-state index in [-0.39, 0.29) is 0 Å². The first-order chi connectivity index (χ1) is 7.36. The molecule has 0 saturated heterocycles. The molecular formula is C10H8N4S. The van der Waals surface area contributed by atoms with Crippen LogP contribution in [-0.4, -0.2) is 14.6 Å². The lowest BCUT2D eigenvalue weighted by molar-refractivity contribution is 0.985. The fraction of sp³-hybridized carbons (Fsp3) is 0. The zero-order valence-electron chi connectivity index (χ0n) is 7.79. The van der Waals surface area contributed by atoms with Gasteiger partial charge in [0.05, 0.1) is 0 Å². The molecular weight excluding hydrogens is 208 g/mol. The van der Waals surface area contributed by atoms with Gasteiger partial charge >= 0.3 is 0 Å². The van der Waals surface area contributed by atoms with Crippen LogP contribution in [0.25, 0.3) is 16.2 Å². The van der Waals surface area contributed by atoms with Crippen LogP contribution in [-0.2, 0) is 0 Å². The highest BCUT2D eigenvalue weighted by Gasteiger charge is 2.12. The molecule has 0 radical (unpaired) electrons. The summed E-state index contributed by atoms with van der Waals surface area (Å²) in [5.74, 6) is 0.595. The third kappa shape index (κ3) is 1.20. The Morgan fingerprint density at radius 2 is 2.00 bits per heavy atom. The molecule has 3 rings (SSSR count). The lowest BCUT2D eigenvalue weighted by Crippen LogP contribution is -1.94. The quantitative estimate of drug-likeness (QED) is 0.677. The number of benzene rings is 1. The van der Waals surface area contributed by atoms with Gasteiger partial charge in [0.1, 0.15) is 11.2 Å². The molecule has 2 aromatic heterocycles. The molecule has 0 amide bonds. The Morgan fingerprint density at radius 1 is 1.20 bits per heavy atom. The molecule has 0 bridgehead atoms. The van der Waals surface area contributed by atoms with Crippen molar-refractivity contribution in [3.8, 4) is 11.3 Å². The number of nitrogens with two attached hydrogens (primary N) is 1. The van der Waals surface area contributed by atoms with Gasteiger partial charge in [0.2, 0.25) is 4.96 Å². The number of imidazole rings is 1. The minimum Gasteiger partial charge on any atom is -0.382 e. The Labute approximate surface area is 90.0 Å². The lowest BCUT2D eigenvalue weighted by atomic mass is 10.1. The van der Waals surface area contributed by atoms with Crippen molar-refractivity contribution in [1.82, 2.24) is 14.6 Å². The first-order valence-electron chi connectivity index (χ1n) is 4.49. The van der Waals surface area contributed by atoms with Crippen molar-refractivity contribution in [3.05, 3.63) is 35.8 Å². The summed E-state index contributed by atoms with van der Waals surface area (Å²) in [6, 6.07) is 9.88. The van der Waals surface area contributed by atoms with Gasteiger partial charge in [0.15, 0.2) is 5.82 Å². The zero-order valence-corrected chi connectivity index (χ0v) is 8.61. The van der Waals surface area contributed by atoms with Gasteiger partial charge in [-0.25, -0.2) is 4.98 Å². The van der Waals surface area contributed by atoms with Crippen LogP contribution < -0.4 is 5.73 Å². The van der Waals surface area contributed by atoms with Crippen LogP contribution in [0.2, 0.25) is 0 Å².